The first kappa shape index (κ1) is 6.89. The van der Waals surface area contributed by atoms with Gasteiger partial charge >= 0.3 is 0 Å². The lowest BCUT2D eigenvalue weighted by molar-refractivity contribution is 0.412. The van der Waals surface area contributed by atoms with Gasteiger partial charge in [0.05, 0.1) is 5.69 Å². The van der Waals surface area contributed by atoms with Gasteiger partial charge in [-0.3, -0.25) is 0 Å². The minimum Gasteiger partial charge on any atom is -0.364 e. The van der Waals surface area contributed by atoms with Crippen LogP contribution in [0.15, 0.2) is 35.1 Å². The molecular weight excluding hydrogens is 162 g/mol. The highest BCUT2D eigenvalue weighted by Crippen LogP contribution is 2.32. The molecule has 0 spiro atoms. The number of hydrogen-bond acceptors (Lipinski definition) is 2. The van der Waals surface area contributed by atoms with E-state index in [4.69, 9.17) is 4.52 Å². The van der Waals surface area contributed by atoms with Crippen molar-refractivity contribution in [2.24, 2.45) is 0 Å². The van der Waals surface area contributed by atoms with Gasteiger partial charge < -0.3 is 4.52 Å². The third-order valence-corrected chi connectivity index (χ3v) is 2.58. The van der Waals surface area contributed by atoms with Crippen LogP contribution in [-0.2, 0) is 12.8 Å². The highest BCUT2D eigenvalue weighted by molar-refractivity contribution is 5.70. The summed E-state index contributed by atoms with van der Waals surface area (Å²) in [6.07, 6.45) is 3.83. The molecule has 2 heteroatoms. The molecule has 1 aliphatic rings. The van der Waals surface area contributed by atoms with Crippen LogP contribution in [0.1, 0.15) is 11.3 Å². The van der Waals surface area contributed by atoms with E-state index in [1.807, 2.05) is 0 Å². The van der Waals surface area contributed by atoms with Gasteiger partial charge in [0.25, 0.3) is 0 Å². The molecule has 3 rings (SSSR count). The standard InChI is InChI=1S/C11H9NO/c1-2-4-9-8(3-1)5-6-11-10(9)7-13-12-11/h1-4,7H,5-6H2. The number of aryl methyl sites for hydroxylation is 2. The van der Waals surface area contributed by atoms with Gasteiger partial charge in [-0.1, -0.05) is 29.4 Å². The average molecular weight is 171 g/mol. The molecule has 64 valence electrons. The molecule has 0 bridgehead atoms. The normalized spacial score (nSPS) is 13.5. The van der Waals surface area contributed by atoms with Gasteiger partial charge in [-0.15, -0.1) is 0 Å². The zero-order valence-electron chi connectivity index (χ0n) is 7.16. The quantitative estimate of drug-likeness (QED) is 0.608. The van der Waals surface area contributed by atoms with Crippen molar-refractivity contribution >= 4 is 0 Å². The summed E-state index contributed by atoms with van der Waals surface area (Å²) in [5.41, 5.74) is 4.95. The van der Waals surface area contributed by atoms with Crippen LogP contribution in [0.2, 0.25) is 0 Å². The lowest BCUT2D eigenvalue weighted by atomic mass is 9.90. The number of hydrogen-bond donors (Lipinski definition) is 0. The fraction of sp³-hybridized carbons (Fsp3) is 0.182. The van der Waals surface area contributed by atoms with Crippen molar-refractivity contribution in [3.63, 3.8) is 0 Å². The summed E-state index contributed by atoms with van der Waals surface area (Å²) in [5, 5.41) is 3.98. The zero-order chi connectivity index (χ0) is 8.67. The lowest BCUT2D eigenvalue weighted by Crippen LogP contribution is -2.01. The fourth-order valence-electron chi connectivity index (χ4n) is 1.91. The maximum Gasteiger partial charge on any atom is 0.131 e. The third kappa shape index (κ3) is 0.917. The summed E-state index contributed by atoms with van der Waals surface area (Å²) in [4.78, 5) is 0. The van der Waals surface area contributed by atoms with Gasteiger partial charge in [0, 0.05) is 5.56 Å². The smallest absolute Gasteiger partial charge is 0.131 e. The van der Waals surface area contributed by atoms with Crippen molar-refractivity contribution < 1.29 is 4.52 Å². The van der Waals surface area contributed by atoms with Crippen molar-refractivity contribution in [3.8, 4) is 11.1 Å². The summed E-state index contributed by atoms with van der Waals surface area (Å²) >= 11 is 0. The highest BCUT2D eigenvalue weighted by atomic mass is 16.5. The molecule has 1 aromatic carbocycles. The number of nitrogens with zero attached hydrogens (tertiary/aromatic N) is 1. The second-order valence-corrected chi connectivity index (χ2v) is 3.33. The Morgan fingerprint density at radius 1 is 1.08 bits per heavy atom. The molecule has 0 atom stereocenters. The van der Waals surface area contributed by atoms with Crippen LogP contribution >= 0.6 is 0 Å². The second kappa shape index (κ2) is 2.46. The predicted molar refractivity (Wildman–Crippen MR) is 49.3 cm³/mol. The van der Waals surface area contributed by atoms with E-state index in [0.717, 1.165) is 18.5 Å². The topological polar surface area (TPSA) is 26.0 Å². The highest BCUT2D eigenvalue weighted by Gasteiger charge is 2.17. The van der Waals surface area contributed by atoms with Crippen molar-refractivity contribution in [2.75, 3.05) is 0 Å². The van der Waals surface area contributed by atoms with Crippen LogP contribution in [0.5, 0.6) is 0 Å². The first-order valence-corrected chi connectivity index (χ1v) is 4.47. The number of rotatable bonds is 0. The minimum absolute atomic E-state index is 1.00. The molecule has 0 radical (unpaired) electrons. The maximum absolute atomic E-state index is 4.97. The molecule has 1 aromatic heterocycles. The Kier molecular flexibility index (Phi) is 1.30. The molecular formula is C11H9NO. The second-order valence-electron chi connectivity index (χ2n) is 3.33. The van der Waals surface area contributed by atoms with Gasteiger partial charge in [-0.25, -0.2) is 0 Å². The molecule has 13 heavy (non-hydrogen) atoms. The van der Waals surface area contributed by atoms with Gasteiger partial charge in [0.1, 0.15) is 6.26 Å². The van der Waals surface area contributed by atoms with Crippen LogP contribution in [0.25, 0.3) is 11.1 Å². The summed E-state index contributed by atoms with van der Waals surface area (Å²) < 4.78 is 4.97. The Morgan fingerprint density at radius 3 is 3.00 bits per heavy atom. The van der Waals surface area contributed by atoms with Gasteiger partial charge in [0.2, 0.25) is 0 Å². The van der Waals surface area contributed by atoms with E-state index in [2.05, 4.69) is 29.4 Å². The minimum atomic E-state index is 1.00. The van der Waals surface area contributed by atoms with Gasteiger partial charge in [-0.2, -0.15) is 0 Å². The van der Waals surface area contributed by atoms with Crippen molar-refractivity contribution in [3.05, 3.63) is 41.8 Å². The first-order chi connectivity index (χ1) is 6.45. The molecule has 0 fully saturated rings. The average Bonchev–Trinajstić information content (AvgIpc) is 2.65. The predicted octanol–water partition coefficient (Wildman–Crippen LogP) is 2.44. The van der Waals surface area contributed by atoms with Crippen LogP contribution in [0.3, 0.4) is 0 Å². The van der Waals surface area contributed by atoms with Crippen molar-refractivity contribution in [1.82, 2.24) is 5.16 Å². The molecule has 0 saturated heterocycles. The summed E-state index contributed by atoms with van der Waals surface area (Å²) in [7, 11) is 0. The summed E-state index contributed by atoms with van der Waals surface area (Å²) in [6.45, 7) is 0. The third-order valence-electron chi connectivity index (χ3n) is 2.58. The van der Waals surface area contributed by atoms with Crippen molar-refractivity contribution in [1.29, 1.82) is 0 Å². The molecule has 1 aliphatic carbocycles. The molecule has 0 unspecified atom stereocenters. The van der Waals surface area contributed by atoms with E-state index in [-0.39, 0.29) is 0 Å². The molecule has 0 N–H and O–H groups in total. The molecule has 1 heterocycles. The Labute approximate surface area is 76.2 Å². The Balaban J connectivity index is 2.30. The van der Waals surface area contributed by atoms with E-state index in [1.54, 1.807) is 6.26 Å². The van der Waals surface area contributed by atoms with E-state index < -0.39 is 0 Å². The number of benzene rings is 1. The van der Waals surface area contributed by atoms with Crippen LogP contribution in [-0.4, -0.2) is 5.16 Å². The Bertz CT molecular complexity index is 445. The summed E-state index contributed by atoms with van der Waals surface area (Å²) in [5.74, 6) is 0. The fourth-order valence-corrected chi connectivity index (χ4v) is 1.91. The lowest BCUT2D eigenvalue weighted by Gasteiger charge is -2.13. The van der Waals surface area contributed by atoms with Crippen LogP contribution in [0, 0.1) is 0 Å². The SMILES string of the molecule is c1ccc2c(c1)CCc1nocc1-2. The van der Waals surface area contributed by atoms with Crippen molar-refractivity contribution in [2.45, 2.75) is 12.8 Å². The number of aromatic nitrogens is 1. The van der Waals surface area contributed by atoms with Gasteiger partial charge in [0.15, 0.2) is 0 Å². The monoisotopic (exact) mass is 171 g/mol. The Hall–Kier alpha value is -1.57. The molecule has 2 nitrogen and oxygen atoms in total. The van der Waals surface area contributed by atoms with E-state index in [1.165, 1.54) is 16.7 Å². The van der Waals surface area contributed by atoms with Crippen LogP contribution in [0.4, 0.5) is 0 Å². The molecule has 2 aromatic rings. The zero-order valence-corrected chi connectivity index (χ0v) is 7.16. The summed E-state index contributed by atoms with van der Waals surface area (Å²) in [6, 6.07) is 8.44. The number of fused-ring (bicyclic) bond motifs is 3. The van der Waals surface area contributed by atoms with E-state index in [9.17, 15) is 0 Å². The maximum atomic E-state index is 4.97. The van der Waals surface area contributed by atoms with Gasteiger partial charge in [-0.05, 0) is 24.0 Å². The first-order valence-electron chi connectivity index (χ1n) is 4.47. The molecule has 0 aliphatic heterocycles. The van der Waals surface area contributed by atoms with E-state index >= 15 is 0 Å². The van der Waals surface area contributed by atoms with Crippen LogP contribution < -0.4 is 0 Å². The molecule has 0 amide bonds. The molecule has 0 saturated carbocycles. The largest absolute Gasteiger partial charge is 0.364 e. The Morgan fingerprint density at radius 2 is 2.00 bits per heavy atom. The van der Waals surface area contributed by atoms with E-state index in [0.29, 0.717) is 0 Å².